The molecule has 0 bridgehead atoms. The molecule has 1 unspecified atom stereocenters. The maximum Gasteiger partial charge on any atom is 0.228 e. The Bertz CT molecular complexity index is 592. The highest BCUT2D eigenvalue weighted by molar-refractivity contribution is 7.81. The van der Waals surface area contributed by atoms with Gasteiger partial charge in [-0.15, -0.1) is 0 Å². The average molecular weight is 247 g/mol. The number of rotatable bonds is 1. The van der Waals surface area contributed by atoms with Gasteiger partial charge in [-0.05, 0) is 6.07 Å². The van der Waals surface area contributed by atoms with Crippen LogP contribution in [0.3, 0.4) is 0 Å². The van der Waals surface area contributed by atoms with Crippen LogP contribution in [-0.2, 0) is 11.8 Å². The van der Waals surface area contributed by atoms with Crippen LogP contribution in [0.5, 0.6) is 0 Å². The highest BCUT2D eigenvalue weighted by atomic mass is 32.1. The number of thiol groups is 1. The van der Waals surface area contributed by atoms with E-state index in [1.165, 1.54) is 0 Å². The van der Waals surface area contributed by atoms with Gasteiger partial charge in [0.2, 0.25) is 5.91 Å². The lowest BCUT2D eigenvalue weighted by Crippen LogP contribution is -2.25. The molecule has 1 saturated heterocycles. The molecular formula is C12H13N3OS. The zero-order valence-corrected chi connectivity index (χ0v) is 10.4. The van der Waals surface area contributed by atoms with E-state index in [2.05, 4.69) is 17.7 Å². The van der Waals surface area contributed by atoms with E-state index in [-0.39, 0.29) is 11.2 Å². The minimum absolute atomic E-state index is 0.131. The Morgan fingerprint density at radius 1 is 1.47 bits per heavy atom. The number of aryl methyl sites for hydroxylation is 1. The zero-order chi connectivity index (χ0) is 12.0. The van der Waals surface area contributed by atoms with Crippen LogP contribution in [0.1, 0.15) is 6.42 Å². The maximum atomic E-state index is 11.9. The third-order valence-corrected chi connectivity index (χ3v) is 3.48. The third-order valence-electron chi connectivity index (χ3n) is 3.13. The summed E-state index contributed by atoms with van der Waals surface area (Å²) in [5.41, 5.74) is 1.94. The fraction of sp³-hybridized carbons (Fsp3) is 0.333. The van der Waals surface area contributed by atoms with Crippen LogP contribution in [0.25, 0.3) is 10.9 Å². The number of carbonyl (C=O) groups is 1. The van der Waals surface area contributed by atoms with Crippen molar-refractivity contribution in [2.24, 2.45) is 7.05 Å². The molecule has 0 radical (unpaired) electrons. The van der Waals surface area contributed by atoms with E-state index in [9.17, 15) is 4.79 Å². The molecule has 17 heavy (non-hydrogen) atoms. The van der Waals surface area contributed by atoms with Crippen LogP contribution < -0.4 is 4.90 Å². The minimum atomic E-state index is 0.131. The van der Waals surface area contributed by atoms with Gasteiger partial charge in [0, 0.05) is 30.6 Å². The predicted octanol–water partition coefficient (Wildman–Crippen LogP) is 1.61. The Balaban J connectivity index is 2.17. The number of nitrogens with zero attached hydrogens (tertiary/aromatic N) is 3. The Hall–Kier alpha value is -1.49. The topological polar surface area (TPSA) is 38.1 Å². The molecule has 1 aromatic carbocycles. The van der Waals surface area contributed by atoms with Crippen LogP contribution in [0.15, 0.2) is 24.4 Å². The van der Waals surface area contributed by atoms with Crippen molar-refractivity contribution in [1.29, 1.82) is 0 Å². The molecule has 2 heterocycles. The number of benzene rings is 1. The number of hydrogen-bond acceptors (Lipinski definition) is 3. The lowest BCUT2D eigenvalue weighted by molar-refractivity contribution is -0.117. The van der Waals surface area contributed by atoms with Gasteiger partial charge in [-0.3, -0.25) is 9.48 Å². The van der Waals surface area contributed by atoms with Gasteiger partial charge in [0.15, 0.2) is 0 Å². The van der Waals surface area contributed by atoms with E-state index in [1.54, 1.807) is 0 Å². The second kappa shape index (κ2) is 3.77. The van der Waals surface area contributed by atoms with E-state index in [1.807, 2.05) is 41.0 Å². The van der Waals surface area contributed by atoms with Gasteiger partial charge < -0.3 is 4.90 Å². The molecule has 0 spiro atoms. The molecule has 1 aliphatic heterocycles. The van der Waals surface area contributed by atoms with E-state index in [0.29, 0.717) is 13.0 Å². The van der Waals surface area contributed by atoms with E-state index in [4.69, 9.17) is 0 Å². The molecule has 1 aliphatic rings. The molecule has 1 fully saturated rings. The number of carbonyl (C=O) groups excluding carboxylic acids is 1. The van der Waals surface area contributed by atoms with Gasteiger partial charge in [-0.25, -0.2) is 0 Å². The lowest BCUT2D eigenvalue weighted by Gasteiger charge is -2.17. The number of para-hydroxylation sites is 1. The van der Waals surface area contributed by atoms with Gasteiger partial charge in [-0.1, -0.05) is 12.1 Å². The van der Waals surface area contributed by atoms with Crippen LogP contribution in [-0.4, -0.2) is 27.5 Å². The highest BCUT2D eigenvalue weighted by Gasteiger charge is 2.29. The molecule has 88 valence electrons. The Kier molecular flexibility index (Phi) is 2.36. The number of amides is 1. The largest absolute Gasteiger partial charge is 0.309 e. The fourth-order valence-electron chi connectivity index (χ4n) is 2.35. The first-order chi connectivity index (χ1) is 8.16. The first-order valence-electron chi connectivity index (χ1n) is 5.56. The molecule has 1 amide bonds. The SMILES string of the molecule is Cn1ncc2cccc(N3CC(S)CC3=O)c21. The van der Waals surface area contributed by atoms with Crippen molar-refractivity contribution in [3.05, 3.63) is 24.4 Å². The molecule has 4 nitrogen and oxygen atoms in total. The molecule has 1 atom stereocenters. The molecule has 1 aromatic heterocycles. The quantitative estimate of drug-likeness (QED) is 0.777. The maximum absolute atomic E-state index is 11.9. The van der Waals surface area contributed by atoms with Crippen LogP contribution in [0.2, 0.25) is 0 Å². The molecule has 3 rings (SSSR count). The molecule has 0 saturated carbocycles. The second-order valence-electron chi connectivity index (χ2n) is 4.35. The summed E-state index contributed by atoms with van der Waals surface area (Å²) in [5.74, 6) is 0.138. The lowest BCUT2D eigenvalue weighted by atomic mass is 10.2. The summed E-state index contributed by atoms with van der Waals surface area (Å²) in [6, 6.07) is 5.93. The van der Waals surface area contributed by atoms with Gasteiger partial charge >= 0.3 is 0 Å². The summed E-state index contributed by atoms with van der Waals surface area (Å²) in [4.78, 5) is 13.7. The molecular weight excluding hydrogens is 234 g/mol. The van der Waals surface area contributed by atoms with Gasteiger partial charge in [-0.2, -0.15) is 17.7 Å². The Morgan fingerprint density at radius 3 is 3.00 bits per heavy atom. The van der Waals surface area contributed by atoms with Crippen molar-refractivity contribution < 1.29 is 4.79 Å². The number of fused-ring (bicyclic) bond motifs is 1. The van der Waals surface area contributed by atoms with Crippen LogP contribution in [0, 0.1) is 0 Å². The summed E-state index contributed by atoms with van der Waals surface area (Å²) in [6.07, 6.45) is 2.33. The summed E-state index contributed by atoms with van der Waals surface area (Å²) in [5, 5.41) is 5.42. The molecule has 5 heteroatoms. The molecule has 2 aromatic rings. The summed E-state index contributed by atoms with van der Waals surface area (Å²) < 4.78 is 1.81. The van der Waals surface area contributed by atoms with Crippen molar-refractivity contribution in [2.75, 3.05) is 11.4 Å². The van der Waals surface area contributed by atoms with Gasteiger partial charge in [0.1, 0.15) is 0 Å². The molecule has 0 N–H and O–H groups in total. The van der Waals surface area contributed by atoms with E-state index >= 15 is 0 Å². The monoisotopic (exact) mass is 247 g/mol. The zero-order valence-electron chi connectivity index (χ0n) is 9.50. The third kappa shape index (κ3) is 1.61. The van der Waals surface area contributed by atoms with Crippen molar-refractivity contribution in [3.63, 3.8) is 0 Å². The molecule has 0 aliphatic carbocycles. The Morgan fingerprint density at radius 2 is 2.29 bits per heavy atom. The second-order valence-corrected chi connectivity index (χ2v) is 5.08. The van der Waals surface area contributed by atoms with E-state index < -0.39 is 0 Å². The van der Waals surface area contributed by atoms with Crippen molar-refractivity contribution in [2.45, 2.75) is 11.7 Å². The van der Waals surface area contributed by atoms with Gasteiger partial charge in [0.25, 0.3) is 0 Å². The summed E-state index contributed by atoms with van der Waals surface area (Å²) in [6.45, 7) is 0.673. The standard InChI is InChI=1S/C12H13N3OS/c1-14-12-8(6-13-14)3-2-4-10(12)15-7-9(17)5-11(15)16/h2-4,6,9,17H,5,7H2,1H3. The fourth-order valence-corrected chi connectivity index (χ4v) is 2.67. The highest BCUT2D eigenvalue weighted by Crippen LogP contribution is 2.30. The predicted molar refractivity (Wildman–Crippen MR) is 70.5 cm³/mol. The van der Waals surface area contributed by atoms with Crippen molar-refractivity contribution >= 4 is 35.1 Å². The first-order valence-corrected chi connectivity index (χ1v) is 6.07. The van der Waals surface area contributed by atoms with E-state index in [0.717, 1.165) is 16.6 Å². The Labute approximate surface area is 105 Å². The number of hydrogen-bond donors (Lipinski definition) is 1. The smallest absolute Gasteiger partial charge is 0.228 e. The average Bonchev–Trinajstić information content (AvgIpc) is 2.83. The van der Waals surface area contributed by atoms with Crippen LogP contribution >= 0.6 is 12.6 Å². The van der Waals surface area contributed by atoms with Crippen molar-refractivity contribution in [3.8, 4) is 0 Å². The summed E-state index contributed by atoms with van der Waals surface area (Å²) in [7, 11) is 1.89. The van der Waals surface area contributed by atoms with Crippen molar-refractivity contribution in [1.82, 2.24) is 9.78 Å². The summed E-state index contributed by atoms with van der Waals surface area (Å²) >= 11 is 4.38. The first kappa shape index (κ1) is 10.7. The number of aromatic nitrogens is 2. The van der Waals surface area contributed by atoms with Gasteiger partial charge in [0.05, 0.1) is 17.4 Å². The normalized spacial score (nSPS) is 20.5. The van der Waals surface area contributed by atoms with Crippen LogP contribution in [0.4, 0.5) is 5.69 Å². The minimum Gasteiger partial charge on any atom is -0.309 e. The number of anilines is 1.